The lowest BCUT2D eigenvalue weighted by Crippen LogP contribution is -2.07. The summed E-state index contributed by atoms with van der Waals surface area (Å²) < 4.78 is 7.70. The number of aromatic nitrogens is 2. The number of imidazole rings is 1. The molecule has 1 aromatic carbocycles. The van der Waals surface area contributed by atoms with E-state index in [9.17, 15) is 4.79 Å². The number of nitrogen functional groups attached to an aromatic ring is 1. The summed E-state index contributed by atoms with van der Waals surface area (Å²) in [5.74, 6) is -0.439. The Hall–Kier alpha value is -2.34. The summed E-state index contributed by atoms with van der Waals surface area (Å²) in [6, 6.07) is 10.8. The number of pyridine rings is 1. The first kappa shape index (κ1) is 13.6. The first-order valence-corrected chi connectivity index (χ1v) is 7.08. The molecular formula is C15H12BrN3O2. The molecule has 3 rings (SSSR count). The van der Waals surface area contributed by atoms with E-state index in [2.05, 4.69) is 20.9 Å². The summed E-state index contributed by atoms with van der Waals surface area (Å²) in [5.41, 5.74) is 8.15. The van der Waals surface area contributed by atoms with Gasteiger partial charge in [-0.05, 0) is 40.2 Å². The van der Waals surface area contributed by atoms with E-state index in [0.717, 1.165) is 5.65 Å². The topological polar surface area (TPSA) is 69.6 Å². The lowest BCUT2D eigenvalue weighted by Gasteiger charge is -2.06. The summed E-state index contributed by atoms with van der Waals surface area (Å²) in [6.07, 6.45) is 3.72. The SMILES string of the molecule is Nc1cccc(C(=O)OCc2cn3ccccc3n2)c1Br. The fraction of sp³-hybridized carbons (Fsp3) is 0.0667. The van der Waals surface area contributed by atoms with Crippen molar-refractivity contribution in [3.8, 4) is 0 Å². The second kappa shape index (κ2) is 5.57. The molecule has 0 bridgehead atoms. The van der Waals surface area contributed by atoms with E-state index in [-0.39, 0.29) is 6.61 Å². The normalized spacial score (nSPS) is 10.7. The largest absolute Gasteiger partial charge is 0.455 e. The number of anilines is 1. The third-order valence-corrected chi connectivity index (χ3v) is 3.90. The number of nitrogens with two attached hydrogens (primary N) is 1. The van der Waals surface area contributed by atoms with Crippen LogP contribution in [0, 0.1) is 0 Å². The van der Waals surface area contributed by atoms with Crippen molar-refractivity contribution in [3.05, 3.63) is 64.5 Å². The van der Waals surface area contributed by atoms with Gasteiger partial charge in [-0.15, -0.1) is 0 Å². The Morgan fingerprint density at radius 2 is 2.14 bits per heavy atom. The van der Waals surface area contributed by atoms with E-state index >= 15 is 0 Å². The van der Waals surface area contributed by atoms with Gasteiger partial charge in [0.1, 0.15) is 12.3 Å². The summed E-state index contributed by atoms with van der Waals surface area (Å²) in [6.45, 7) is 0.113. The molecule has 0 aliphatic heterocycles. The van der Waals surface area contributed by atoms with Crippen molar-refractivity contribution in [1.29, 1.82) is 0 Å². The van der Waals surface area contributed by atoms with Gasteiger partial charge in [0.2, 0.25) is 0 Å². The molecule has 0 amide bonds. The first-order chi connectivity index (χ1) is 10.1. The zero-order chi connectivity index (χ0) is 14.8. The van der Waals surface area contributed by atoms with E-state index in [1.54, 1.807) is 18.2 Å². The van der Waals surface area contributed by atoms with Crippen LogP contribution >= 0.6 is 15.9 Å². The van der Waals surface area contributed by atoms with Gasteiger partial charge in [0.05, 0.1) is 15.7 Å². The van der Waals surface area contributed by atoms with Gasteiger partial charge >= 0.3 is 5.97 Å². The quantitative estimate of drug-likeness (QED) is 0.585. The van der Waals surface area contributed by atoms with E-state index < -0.39 is 5.97 Å². The molecule has 2 heterocycles. The van der Waals surface area contributed by atoms with E-state index in [1.165, 1.54) is 0 Å². The van der Waals surface area contributed by atoms with Crippen molar-refractivity contribution in [1.82, 2.24) is 9.38 Å². The van der Waals surface area contributed by atoms with Gasteiger partial charge in [0, 0.05) is 18.1 Å². The van der Waals surface area contributed by atoms with Crippen molar-refractivity contribution in [2.75, 3.05) is 5.73 Å². The molecule has 2 aromatic heterocycles. The number of rotatable bonds is 3. The summed E-state index contributed by atoms with van der Waals surface area (Å²) >= 11 is 3.29. The van der Waals surface area contributed by atoms with Crippen LogP contribution < -0.4 is 5.73 Å². The number of fused-ring (bicyclic) bond motifs is 1. The van der Waals surface area contributed by atoms with Crippen molar-refractivity contribution in [2.45, 2.75) is 6.61 Å². The standard InChI is InChI=1S/C15H12BrN3O2/c16-14-11(4-3-5-12(14)17)15(20)21-9-10-8-19-7-2-1-6-13(19)18-10/h1-8H,9,17H2. The molecule has 0 radical (unpaired) electrons. The molecule has 6 heteroatoms. The fourth-order valence-electron chi connectivity index (χ4n) is 1.98. The molecule has 0 spiro atoms. The van der Waals surface area contributed by atoms with Crippen LogP contribution in [0.15, 0.2) is 53.3 Å². The van der Waals surface area contributed by atoms with Gasteiger partial charge in [-0.3, -0.25) is 0 Å². The first-order valence-electron chi connectivity index (χ1n) is 6.29. The van der Waals surface area contributed by atoms with E-state index in [4.69, 9.17) is 10.5 Å². The molecule has 5 nitrogen and oxygen atoms in total. The lowest BCUT2D eigenvalue weighted by molar-refractivity contribution is 0.0467. The Morgan fingerprint density at radius 1 is 1.29 bits per heavy atom. The zero-order valence-electron chi connectivity index (χ0n) is 11.0. The minimum Gasteiger partial charge on any atom is -0.455 e. The monoisotopic (exact) mass is 345 g/mol. The predicted octanol–water partition coefficient (Wildman–Crippen LogP) is 3.04. The van der Waals surface area contributed by atoms with Crippen LogP contribution in [-0.4, -0.2) is 15.4 Å². The third-order valence-electron chi connectivity index (χ3n) is 3.01. The van der Waals surface area contributed by atoms with Crippen molar-refractivity contribution in [2.24, 2.45) is 0 Å². The van der Waals surface area contributed by atoms with Crippen LogP contribution in [0.3, 0.4) is 0 Å². The van der Waals surface area contributed by atoms with Crippen LogP contribution in [0.25, 0.3) is 5.65 Å². The zero-order valence-corrected chi connectivity index (χ0v) is 12.6. The summed E-state index contributed by atoms with van der Waals surface area (Å²) in [5, 5.41) is 0. The van der Waals surface area contributed by atoms with Gasteiger partial charge < -0.3 is 14.9 Å². The number of carbonyl (C=O) groups excluding carboxylic acids is 1. The number of carbonyl (C=O) groups is 1. The average Bonchev–Trinajstić information content (AvgIpc) is 2.90. The maximum absolute atomic E-state index is 12.1. The molecule has 0 atom stereocenters. The Bertz CT molecular complexity index is 781. The maximum Gasteiger partial charge on any atom is 0.339 e. The Labute approximate surface area is 129 Å². The van der Waals surface area contributed by atoms with E-state index in [0.29, 0.717) is 21.4 Å². The maximum atomic E-state index is 12.1. The summed E-state index contributed by atoms with van der Waals surface area (Å²) in [4.78, 5) is 16.4. The lowest BCUT2D eigenvalue weighted by atomic mass is 10.2. The van der Waals surface area contributed by atoms with Crippen molar-refractivity contribution >= 4 is 33.2 Å². The van der Waals surface area contributed by atoms with E-state index in [1.807, 2.05) is 35.0 Å². The van der Waals surface area contributed by atoms with Gasteiger partial charge in [-0.25, -0.2) is 9.78 Å². The minimum absolute atomic E-state index is 0.113. The van der Waals surface area contributed by atoms with Crippen LogP contribution in [0.4, 0.5) is 5.69 Å². The smallest absolute Gasteiger partial charge is 0.339 e. The van der Waals surface area contributed by atoms with Gasteiger partial charge in [0.25, 0.3) is 0 Å². The highest BCUT2D eigenvalue weighted by atomic mass is 79.9. The number of esters is 1. The molecule has 106 valence electrons. The summed E-state index contributed by atoms with van der Waals surface area (Å²) in [7, 11) is 0. The predicted molar refractivity (Wildman–Crippen MR) is 82.9 cm³/mol. The molecule has 0 aliphatic rings. The molecule has 0 fully saturated rings. The molecule has 3 aromatic rings. The number of ether oxygens (including phenoxy) is 1. The molecule has 0 aliphatic carbocycles. The Balaban J connectivity index is 1.75. The van der Waals surface area contributed by atoms with Crippen LogP contribution in [0.5, 0.6) is 0 Å². The number of nitrogens with zero attached hydrogens (tertiary/aromatic N) is 2. The number of benzene rings is 1. The third kappa shape index (κ3) is 2.75. The highest BCUT2D eigenvalue weighted by molar-refractivity contribution is 9.10. The number of hydrogen-bond acceptors (Lipinski definition) is 4. The second-order valence-corrected chi connectivity index (χ2v) is 5.28. The fourth-order valence-corrected chi connectivity index (χ4v) is 2.41. The van der Waals surface area contributed by atoms with Gasteiger partial charge in [-0.1, -0.05) is 12.1 Å². The highest BCUT2D eigenvalue weighted by Gasteiger charge is 2.14. The molecular weight excluding hydrogens is 334 g/mol. The Morgan fingerprint density at radius 3 is 2.95 bits per heavy atom. The van der Waals surface area contributed by atoms with Crippen molar-refractivity contribution in [3.63, 3.8) is 0 Å². The number of hydrogen-bond donors (Lipinski definition) is 1. The number of halogens is 1. The second-order valence-electron chi connectivity index (χ2n) is 4.48. The van der Waals surface area contributed by atoms with Crippen LogP contribution in [0.2, 0.25) is 0 Å². The van der Waals surface area contributed by atoms with Crippen LogP contribution in [0.1, 0.15) is 16.1 Å². The highest BCUT2D eigenvalue weighted by Crippen LogP contribution is 2.24. The average molecular weight is 346 g/mol. The van der Waals surface area contributed by atoms with Gasteiger partial charge in [0.15, 0.2) is 0 Å². The minimum atomic E-state index is -0.439. The molecule has 0 unspecified atom stereocenters. The molecule has 2 N–H and O–H groups in total. The van der Waals surface area contributed by atoms with Crippen LogP contribution in [-0.2, 0) is 11.3 Å². The van der Waals surface area contributed by atoms with Gasteiger partial charge in [-0.2, -0.15) is 0 Å². The molecule has 0 saturated carbocycles. The molecule has 21 heavy (non-hydrogen) atoms. The Kier molecular flexibility index (Phi) is 3.62. The van der Waals surface area contributed by atoms with Crippen molar-refractivity contribution < 1.29 is 9.53 Å². The molecule has 0 saturated heterocycles.